The lowest BCUT2D eigenvalue weighted by atomic mass is 9.99. The number of nitrogens with zero attached hydrogens (tertiary/aromatic N) is 4. The van der Waals surface area contributed by atoms with Crippen LogP contribution in [-0.4, -0.2) is 53.4 Å². The lowest BCUT2D eigenvalue weighted by Crippen LogP contribution is -2.43. The fraction of sp³-hybridized carbons (Fsp3) is 0.421. The molecule has 1 atom stereocenters. The van der Waals surface area contributed by atoms with Gasteiger partial charge in [-0.1, -0.05) is 11.3 Å². The Morgan fingerprint density at radius 2 is 2.23 bits per heavy atom. The Bertz CT molecular complexity index is 1170. The van der Waals surface area contributed by atoms with Crippen LogP contribution in [0.15, 0.2) is 35.7 Å². The molecule has 0 saturated carbocycles. The molecule has 2 aromatic heterocycles. The molecule has 3 aromatic rings. The number of fused-ring (bicyclic) bond motifs is 1. The molecule has 1 unspecified atom stereocenters. The van der Waals surface area contributed by atoms with E-state index in [1.807, 2.05) is 25.1 Å². The van der Waals surface area contributed by atoms with Crippen LogP contribution in [-0.2, 0) is 21.4 Å². The summed E-state index contributed by atoms with van der Waals surface area (Å²) in [7, 11) is -2.13. The first-order valence-electron chi connectivity index (χ1n) is 9.68. The summed E-state index contributed by atoms with van der Waals surface area (Å²) in [5, 5.41) is 3.36. The topological polar surface area (TPSA) is 106 Å². The van der Waals surface area contributed by atoms with Crippen LogP contribution in [0.3, 0.4) is 0 Å². The smallest absolute Gasteiger partial charge is 0.262 e. The number of hydrogen-bond donors (Lipinski definition) is 1. The van der Waals surface area contributed by atoms with Gasteiger partial charge in [-0.05, 0) is 38.0 Å². The lowest BCUT2D eigenvalue weighted by molar-refractivity contribution is -0.120. The Labute approximate surface area is 178 Å². The molecule has 9 nitrogen and oxygen atoms in total. The van der Waals surface area contributed by atoms with Gasteiger partial charge in [-0.15, -0.1) is 0 Å². The number of benzene rings is 1. The quantitative estimate of drug-likeness (QED) is 0.620. The molecule has 1 amide bonds. The maximum absolute atomic E-state index is 12.9. The number of nitrogens with one attached hydrogen (secondary N) is 1. The zero-order valence-electron chi connectivity index (χ0n) is 16.7. The molecule has 3 heterocycles. The highest BCUT2D eigenvalue weighted by Crippen LogP contribution is 2.30. The average molecular weight is 450 g/mol. The summed E-state index contributed by atoms with van der Waals surface area (Å²) in [5.74, 6) is 0.0611. The number of methoxy groups -OCH3 is 1. The summed E-state index contributed by atoms with van der Waals surface area (Å²) in [6, 6.07) is 5.52. The molecule has 1 saturated heterocycles. The second-order valence-electron chi connectivity index (χ2n) is 7.09. The molecular formula is C19H23N5O4S2. The maximum atomic E-state index is 12.9. The first-order chi connectivity index (χ1) is 14.4. The van der Waals surface area contributed by atoms with Crippen LogP contribution >= 0.6 is 11.3 Å². The summed E-state index contributed by atoms with van der Waals surface area (Å²) in [5.41, 5.74) is 0.774. The molecule has 0 bridgehead atoms. The Kier molecular flexibility index (Phi) is 5.76. The van der Waals surface area contributed by atoms with E-state index in [1.165, 1.54) is 28.2 Å². The molecule has 1 aromatic carbocycles. The van der Waals surface area contributed by atoms with Gasteiger partial charge in [0.15, 0.2) is 10.2 Å². The molecule has 11 heteroatoms. The van der Waals surface area contributed by atoms with Crippen LogP contribution in [0.1, 0.15) is 19.8 Å². The molecule has 1 aliphatic heterocycles. The third kappa shape index (κ3) is 4.05. The van der Waals surface area contributed by atoms with Crippen LogP contribution in [0.5, 0.6) is 5.75 Å². The van der Waals surface area contributed by atoms with Crippen LogP contribution < -0.4 is 10.1 Å². The van der Waals surface area contributed by atoms with Crippen molar-refractivity contribution < 1.29 is 17.9 Å². The number of amides is 1. The fourth-order valence-electron chi connectivity index (χ4n) is 3.45. The number of aromatic nitrogens is 3. The Morgan fingerprint density at radius 1 is 1.40 bits per heavy atom. The molecule has 160 valence electrons. The molecule has 0 aliphatic carbocycles. The third-order valence-corrected chi connectivity index (χ3v) is 7.84. The number of aryl methyl sites for hydroxylation is 1. The monoisotopic (exact) mass is 449 g/mol. The summed E-state index contributed by atoms with van der Waals surface area (Å²) < 4.78 is 35.0. The highest BCUT2D eigenvalue weighted by atomic mass is 32.2. The van der Waals surface area contributed by atoms with Crippen LogP contribution in [0.2, 0.25) is 0 Å². The van der Waals surface area contributed by atoms with E-state index in [4.69, 9.17) is 4.74 Å². The second-order valence-corrected chi connectivity index (χ2v) is 10.0. The summed E-state index contributed by atoms with van der Waals surface area (Å²) >= 11 is 1.36. The minimum atomic E-state index is -3.72. The fourth-order valence-corrected chi connectivity index (χ4v) is 5.80. The number of sulfonamides is 1. The van der Waals surface area contributed by atoms with Gasteiger partial charge in [0, 0.05) is 25.8 Å². The predicted octanol–water partition coefficient (Wildman–Crippen LogP) is 2.56. The zero-order chi connectivity index (χ0) is 21.3. The number of carbonyl (C=O) groups excluding carboxylic acids is 1. The Hall–Kier alpha value is -2.50. The number of anilines is 1. The van der Waals surface area contributed by atoms with Crippen molar-refractivity contribution in [2.45, 2.75) is 31.3 Å². The van der Waals surface area contributed by atoms with Crippen molar-refractivity contribution in [1.29, 1.82) is 0 Å². The molecule has 4 rings (SSSR count). The van der Waals surface area contributed by atoms with E-state index in [0.717, 1.165) is 16.0 Å². The van der Waals surface area contributed by atoms with E-state index in [0.29, 0.717) is 31.1 Å². The zero-order valence-corrected chi connectivity index (χ0v) is 18.4. The van der Waals surface area contributed by atoms with Crippen LogP contribution in [0.25, 0.3) is 10.2 Å². The summed E-state index contributed by atoms with van der Waals surface area (Å²) in [6.07, 6.45) is 4.26. The van der Waals surface area contributed by atoms with Gasteiger partial charge in [-0.25, -0.2) is 18.4 Å². The van der Waals surface area contributed by atoms with E-state index in [9.17, 15) is 13.2 Å². The standard InChI is InChI=1S/C19H23N5O4S2/c1-3-23-11-17(20-12-23)30(26,27)24-8-4-5-13(10-24)18(25)22-19-21-15-7-6-14(28-2)9-16(15)29-19/h6-7,9,11-13H,3-5,8,10H2,1-2H3,(H,21,22,25). The van der Waals surface area contributed by atoms with Gasteiger partial charge < -0.3 is 14.6 Å². The molecule has 1 N–H and O–H groups in total. The normalized spacial score (nSPS) is 17.9. The molecular weight excluding hydrogens is 426 g/mol. The predicted molar refractivity (Wildman–Crippen MR) is 114 cm³/mol. The van der Waals surface area contributed by atoms with E-state index in [1.54, 1.807) is 11.7 Å². The van der Waals surface area contributed by atoms with Crippen molar-refractivity contribution in [2.75, 3.05) is 25.5 Å². The highest BCUT2D eigenvalue weighted by Gasteiger charge is 2.34. The van der Waals surface area contributed by atoms with Gasteiger partial charge in [0.05, 0.1) is 29.6 Å². The van der Waals surface area contributed by atoms with Gasteiger partial charge in [-0.3, -0.25) is 4.79 Å². The number of piperidine rings is 1. The number of carbonyl (C=O) groups is 1. The number of hydrogen-bond acceptors (Lipinski definition) is 7. The van der Waals surface area contributed by atoms with Crippen molar-refractivity contribution in [3.8, 4) is 5.75 Å². The van der Waals surface area contributed by atoms with E-state index in [2.05, 4.69) is 15.3 Å². The van der Waals surface area contributed by atoms with Gasteiger partial charge in [0.25, 0.3) is 10.0 Å². The van der Waals surface area contributed by atoms with Crippen molar-refractivity contribution in [1.82, 2.24) is 18.8 Å². The number of rotatable bonds is 6. The van der Waals surface area contributed by atoms with Crippen molar-refractivity contribution in [2.24, 2.45) is 5.92 Å². The van der Waals surface area contributed by atoms with Crippen LogP contribution in [0.4, 0.5) is 5.13 Å². The lowest BCUT2D eigenvalue weighted by Gasteiger charge is -2.30. The van der Waals surface area contributed by atoms with Crippen molar-refractivity contribution in [3.63, 3.8) is 0 Å². The Morgan fingerprint density at radius 3 is 2.97 bits per heavy atom. The molecule has 1 aliphatic rings. The first kappa shape index (κ1) is 20.8. The first-order valence-corrected chi connectivity index (χ1v) is 11.9. The molecule has 0 radical (unpaired) electrons. The minimum absolute atomic E-state index is 0.0190. The van der Waals surface area contributed by atoms with Crippen molar-refractivity contribution >= 4 is 42.6 Å². The number of thiazole rings is 1. The molecule has 1 fully saturated rings. The summed E-state index contributed by atoms with van der Waals surface area (Å²) in [6.45, 7) is 3.07. The number of imidazole rings is 1. The second kappa shape index (κ2) is 8.32. The largest absolute Gasteiger partial charge is 0.497 e. The SMILES string of the molecule is CCn1cnc(S(=O)(=O)N2CCCC(C(=O)Nc3nc4ccc(OC)cc4s3)C2)c1. The molecule has 0 spiro atoms. The Balaban J connectivity index is 1.47. The van der Waals surface area contributed by atoms with Crippen LogP contribution in [0, 0.1) is 5.92 Å². The van der Waals surface area contributed by atoms with Gasteiger partial charge in [-0.2, -0.15) is 4.31 Å². The summed E-state index contributed by atoms with van der Waals surface area (Å²) in [4.78, 5) is 21.3. The molecule has 30 heavy (non-hydrogen) atoms. The van der Waals surface area contributed by atoms with Gasteiger partial charge in [0.2, 0.25) is 5.91 Å². The average Bonchev–Trinajstić information content (AvgIpc) is 3.40. The van der Waals surface area contributed by atoms with E-state index in [-0.39, 0.29) is 17.5 Å². The maximum Gasteiger partial charge on any atom is 0.262 e. The van der Waals surface area contributed by atoms with E-state index < -0.39 is 15.9 Å². The minimum Gasteiger partial charge on any atom is -0.497 e. The van der Waals surface area contributed by atoms with Gasteiger partial charge >= 0.3 is 0 Å². The van der Waals surface area contributed by atoms with Gasteiger partial charge in [0.1, 0.15) is 5.75 Å². The number of ether oxygens (including phenoxy) is 1. The third-order valence-electron chi connectivity index (χ3n) is 5.16. The highest BCUT2D eigenvalue weighted by molar-refractivity contribution is 7.89. The van der Waals surface area contributed by atoms with E-state index >= 15 is 0 Å². The van der Waals surface area contributed by atoms with Crippen molar-refractivity contribution in [3.05, 3.63) is 30.7 Å².